The summed E-state index contributed by atoms with van der Waals surface area (Å²) in [5.41, 5.74) is 1.14. The summed E-state index contributed by atoms with van der Waals surface area (Å²) < 4.78 is 4.82. The Labute approximate surface area is 154 Å². The number of esters is 1. The molecular weight excluding hydrogens is 328 g/mol. The number of benzene rings is 2. The number of likely N-dealkylation sites (tertiary alicyclic amines) is 1. The van der Waals surface area contributed by atoms with E-state index in [1.807, 2.05) is 25.1 Å². The number of quaternary nitrogens is 1. The molecule has 1 saturated heterocycles. The largest absolute Gasteiger partial charge is 0.469 e. The molecule has 0 bridgehead atoms. The summed E-state index contributed by atoms with van der Waals surface area (Å²) in [7, 11) is 1.43. The van der Waals surface area contributed by atoms with E-state index in [2.05, 4.69) is 29.6 Å². The van der Waals surface area contributed by atoms with Crippen LogP contribution in [0.15, 0.2) is 42.5 Å². The van der Waals surface area contributed by atoms with Crippen LogP contribution in [0.5, 0.6) is 0 Å². The molecule has 5 heteroatoms. The molecule has 1 heterocycles. The van der Waals surface area contributed by atoms with Crippen molar-refractivity contribution in [3.63, 3.8) is 0 Å². The standard InChI is InChI=1S/C21H26N2O3/c1-15(18-9-5-7-16-6-3-4-8-19(16)18)22-20(24)14-23-12-10-17(11-13-23)21(25)26-2/h3-9,15,17H,10-14H2,1-2H3,(H,22,24)/p+1/t15-/m0/s1. The zero-order valence-corrected chi connectivity index (χ0v) is 15.5. The van der Waals surface area contributed by atoms with Gasteiger partial charge in [0, 0.05) is 12.8 Å². The van der Waals surface area contributed by atoms with E-state index in [9.17, 15) is 9.59 Å². The minimum Gasteiger partial charge on any atom is -0.469 e. The van der Waals surface area contributed by atoms with E-state index in [0.717, 1.165) is 31.5 Å². The molecule has 1 aliphatic rings. The molecule has 0 aliphatic carbocycles. The van der Waals surface area contributed by atoms with Gasteiger partial charge < -0.3 is 15.0 Å². The lowest BCUT2D eigenvalue weighted by atomic mass is 9.97. The number of fused-ring (bicyclic) bond motifs is 1. The van der Waals surface area contributed by atoms with Crippen molar-refractivity contribution in [3.8, 4) is 0 Å². The van der Waals surface area contributed by atoms with Gasteiger partial charge in [-0.2, -0.15) is 0 Å². The number of hydrogen-bond donors (Lipinski definition) is 2. The van der Waals surface area contributed by atoms with E-state index >= 15 is 0 Å². The SMILES string of the molecule is COC(=O)C1CC[NH+](CC(=O)N[C@@H](C)c2cccc3ccccc23)CC1. The molecule has 2 aromatic rings. The van der Waals surface area contributed by atoms with Crippen LogP contribution in [0.1, 0.15) is 31.4 Å². The second-order valence-electron chi connectivity index (χ2n) is 7.08. The predicted octanol–water partition coefficient (Wildman–Crippen LogP) is 1.48. The summed E-state index contributed by atoms with van der Waals surface area (Å²) in [6.07, 6.45) is 1.57. The van der Waals surface area contributed by atoms with Gasteiger partial charge in [0.15, 0.2) is 6.54 Å². The number of carbonyl (C=O) groups is 2. The normalized spacial score (nSPS) is 21.2. The molecule has 0 saturated carbocycles. The van der Waals surface area contributed by atoms with Crippen LogP contribution in [0, 0.1) is 5.92 Å². The highest BCUT2D eigenvalue weighted by Gasteiger charge is 2.29. The number of nitrogens with one attached hydrogen (secondary N) is 2. The molecule has 1 amide bonds. The first-order valence-corrected chi connectivity index (χ1v) is 9.27. The molecule has 0 spiro atoms. The van der Waals surface area contributed by atoms with E-state index in [-0.39, 0.29) is 23.8 Å². The zero-order chi connectivity index (χ0) is 18.5. The third-order valence-electron chi connectivity index (χ3n) is 5.31. The third kappa shape index (κ3) is 4.22. The second kappa shape index (κ2) is 8.32. The van der Waals surface area contributed by atoms with Gasteiger partial charge in [-0.05, 0) is 23.3 Å². The lowest BCUT2D eigenvalue weighted by molar-refractivity contribution is -0.897. The van der Waals surface area contributed by atoms with Crippen molar-refractivity contribution < 1.29 is 19.2 Å². The van der Waals surface area contributed by atoms with Crippen molar-refractivity contribution in [1.82, 2.24) is 5.32 Å². The minimum atomic E-state index is -0.127. The maximum atomic E-state index is 12.5. The molecule has 26 heavy (non-hydrogen) atoms. The fourth-order valence-corrected chi connectivity index (χ4v) is 3.83. The number of amides is 1. The molecule has 0 unspecified atom stereocenters. The number of hydrogen-bond acceptors (Lipinski definition) is 3. The van der Waals surface area contributed by atoms with E-state index in [1.165, 1.54) is 22.8 Å². The van der Waals surface area contributed by atoms with Gasteiger partial charge in [-0.1, -0.05) is 42.5 Å². The summed E-state index contributed by atoms with van der Waals surface area (Å²) in [5, 5.41) is 5.49. The third-order valence-corrected chi connectivity index (χ3v) is 5.31. The topological polar surface area (TPSA) is 59.8 Å². The molecule has 1 fully saturated rings. The number of piperidine rings is 1. The number of carbonyl (C=O) groups excluding carboxylic acids is 2. The average molecular weight is 355 g/mol. The van der Waals surface area contributed by atoms with E-state index < -0.39 is 0 Å². The van der Waals surface area contributed by atoms with Crippen LogP contribution in [0.2, 0.25) is 0 Å². The summed E-state index contributed by atoms with van der Waals surface area (Å²) in [6.45, 7) is 4.13. The van der Waals surface area contributed by atoms with Crippen LogP contribution in [-0.4, -0.2) is 38.6 Å². The molecule has 138 valence electrons. The Bertz CT molecular complexity index is 776. The van der Waals surface area contributed by atoms with Gasteiger partial charge in [0.1, 0.15) is 0 Å². The molecule has 2 N–H and O–H groups in total. The number of rotatable bonds is 5. The Morgan fingerprint density at radius 3 is 2.58 bits per heavy atom. The summed E-state index contributed by atoms with van der Waals surface area (Å²) in [6, 6.07) is 14.4. The molecule has 0 radical (unpaired) electrons. The van der Waals surface area contributed by atoms with Crippen molar-refractivity contribution in [2.75, 3.05) is 26.7 Å². The zero-order valence-electron chi connectivity index (χ0n) is 15.5. The first kappa shape index (κ1) is 18.4. The fourth-order valence-electron chi connectivity index (χ4n) is 3.83. The number of ether oxygens (including phenoxy) is 1. The molecule has 0 aromatic heterocycles. The van der Waals surface area contributed by atoms with E-state index in [4.69, 9.17) is 4.74 Å². The quantitative estimate of drug-likeness (QED) is 0.799. The highest BCUT2D eigenvalue weighted by atomic mass is 16.5. The minimum absolute atomic E-state index is 0.0126. The van der Waals surface area contributed by atoms with Crippen LogP contribution in [0.4, 0.5) is 0 Å². The average Bonchev–Trinajstić information content (AvgIpc) is 2.67. The Balaban J connectivity index is 1.56. The first-order valence-electron chi connectivity index (χ1n) is 9.27. The van der Waals surface area contributed by atoms with Gasteiger partial charge in [-0.3, -0.25) is 9.59 Å². The van der Waals surface area contributed by atoms with Crippen molar-refractivity contribution >= 4 is 22.6 Å². The Hall–Kier alpha value is -2.40. The maximum Gasteiger partial charge on any atom is 0.309 e. The van der Waals surface area contributed by atoms with Gasteiger partial charge in [0.05, 0.1) is 32.2 Å². The number of methoxy groups -OCH3 is 1. The van der Waals surface area contributed by atoms with Gasteiger partial charge in [-0.15, -0.1) is 0 Å². The summed E-state index contributed by atoms with van der Waals surface area (Å²) in [4.78, 5) is 25.3. The highest BCUT2D eigenvalue weighted by Crippen LogP contribution is 2.23. The lowest BCUT2D eigenvalue weighted by Crippen LogP contribution is -3.14. The van der Waals surface area contributed by atoms with Crippen LogP contribution >= 0.6 is 0 Å². The van der Waals surface area contributed by atoms with Crippen LogP contribution < -0.4 is 10.2 Å². The van der Waals surface area contributed by atoms with Crippen molar-refractivity contribution in [1.29, 1.82) is 0 Å². The summed E-state index contributed by atoms with van der Waals surface area (Å²) in [5.74, 6) is -0.0866. The van der Waals surface area contributed by atoms with Crippen LogP contribution in [0.25, 0.3) is 10.8 Å². The van der Waals surface area contributed by atoms with Crippen LogP contribution in [-0.2, 0) is 14.3 Å². The predicted molar refractivity (Wildman–Crippen MR) is 101 cm³/mol. The molecule has 5 nitrogen and oxygen atoms in total. The monoisotopic (exact) mass is 355 g/mol. The maximum absolute atomic E-state index is 12.5. The highest BCUT2D eigenvalue weighted by molar-refractivity contribution is 5.87. The van der Waals surface area contributed by atoms with Crippen molar-refractivity contribution in [3.05, 3.63) is 48.0 Å². The molecular formula is C21H27N2O3+. The molecule has 2 aromatic carbocycles. The van der Waals surface area contributed by atoms with Crippen molar-refractivity contribution in [2.45, 2.75) is 25.8 Å². The Morgan fingerprint density at radius 1 is 1.15 bits per heavy atom. The van der Waals surface area contributed by atoms with E-state index in [0.29, 0.717) is 6.54 Å². The lowest BCUT2D eigenvalue weighted by Gasteiger charge is -2.28. The second-order valence-corrected chi connectivity index (χ2v) is 7.08. The molecule has 1 atom stereocenters. The Kier molecular flexibility index (Phi) is 5.89. The molecule has 1 aliphatic heterocycles. The Morgan fingerprint density at radius 2 is 1.85 bits per heavy atom. The van der Waals surface area contributed by atoms with Gasteiger partial charge in [0.2, 0.25) is 0 Å². The summed E-state index contributed by atoms with van der Waals surface area (Å²) >= 11 is 0. The van der Waals surface area contributed by atoms with Gasteiger partial charge >= 0.3 is 5.97 Å². The van der Waals surface area contributed by atoms with Gasteiger partial charge in [-0.25, -0.2) is 0 Å². The van der Waals surface area contributed by atoms with Crippen molar-refractivity contribution in [2.24, 2.45) is 5.92 Å². The smallest absolute Gasteiger partial charge is 0.309 e. The fraction of sp³-hybridized carbons (Fsp3) is 0.429. The van der Waals surface area contributed by atoms with E-state index in [1.54, 1.807) is 0 Å². The first-order chi connectivity index (χ1) is 12.6. The van der Waals surface area contributed by atoms with Crippen LogP contribution in [0.3, 0.4) is 0 Å². The van der Waals surface area contributed by atoms with Gasteiger partial charge in [0.25, 0.3) is 5.91 Å². The molecule has 3 rings (SSSR count).